The monoisotopic (exact) mass is 167 g/mol. The average Bonchev–Trinajstić information content (AvgIpc) is 1.78. The Kier molecular flexibility index (Phi) is 4.54. The fourth-order valence-electron chi connectivity index (χ4n) is 0.804. The molecule has 0 saturated heterocycles. The van der Waals surface area contributed by atoms with Crippen molar-refractivity contribution in [2.75, 3.05) is 0 Å². The highest BCUT2D eigenvalue weighted by molar-refractivity contribution is 4.75. The predicted molar refractivity (Wildman–Crippen MR) is 39.1 cm³/mol. The molecular weight excluding hydrogens is 153 g/mol. The van der Waals surface area contributed by atoms with E-state index in [1.54, 1.807) is 0 Å². The summed E-state index contributed by atoms with van der Waals surface area (Å²) < 4.78 is 34.7. The maximum Gasteiger partial charge on any atom is 0.389 e. The number of rotatable bonds is 4. The molecule has 0 saturated carbocycles. The minimum Gasteiger partial charge on any atom is -0.171 e. The van der Waals surface area contributed by atoms with Gasteiger partial charge in [-0.3, -0.25) is 0 Å². The Labute approximate surface area is 65.8 Å². The highest BCUT2D eigenvalue weighted by Gasteiger charge is 2.25. The van der Waals surface area contributed by atoms with E-state index in [1.165, 1.54) is 5.92 Å². The van der Waals surface area contributed by atoms with Crippen molar-refractivity contribution < 1.29 is 13.2 Å². The summed E-state index contributed by atoms with van der Waals surface area (Å²) in [5.74, 6) is 1.20. The average molecular weight is 167 g/mol. The molecular formula is C8H14F3. The van der Waals surface area contributed by atoms with Gasteiger partial charge in [0.15, 0.2) is 0 Å². The number of alkyl halides is 3. The normalized spacial score (nSPS) is 12.5. The first kappa shape index (κ1) is 10.8. The smallest absolute Gasteiger partial charge is 0.171 e. The van der Waals surface area contributed by atoms with Gasteiger partial charge in [0.25, 0.3) is 0 Å². The lowest BCUT2D eigenvalue weighted by Crippen LogP contribution is -2.06. The summed E-state index contributed by atoms with van der Waals surface area (Å²) in [5, 5.41) is 0. The zero-order chi connectivity index (χ0) is 8.91. The van der Waals surface area contributed by atoms with Gasteiger partial charge in [0, 0.05) is 6.42 Å². The number of hydrogen-bond donors (Lipinski definition) is 0. The van der Waals surface area contributed by atoms with Crippen LogP contribution in [0, 0.1) is 5.92 Å². The molecule has 0 atom stereocenters. The van der Waals surface area contributed by atoms with Crippen LogP contribution in [0.5, 0.6) is 0 Å². The first-order chi connectivity index (χ1) is 4.92. The number of halogens is 3. The molecule has 0 amide bonds. The minimum absolute atomic E-state index is 0.259. The van der Waals surface area contributed by atoms with Gasteiger partial charge in [-0.25, -0.2) is 0 Å². The van der Waals surface area contributed by atoms with Crippen molar-refractivity contribution >= 4 is 0 Å². The molecule has 0 aromatic rings. The van der Waals surface area contributed by atoms with Crippen molar-refractivity contribution in [3.63, 3.8) is 0 Å². The molecule has 0 spiro atoms. The Morgan fingerprint density at radius 3 is 2.00 bits per heavy atom. The SMILES string of the molecule is C[C](C)CCCCC(F)(F)F. The summed E-state index contributed by atoms with van der Waals surface area (Å²) in [6, 6.07) is 0. The van der Waals surface area contributed by atoms with Crippen LogP contribution in [0.25, 0.3) is 0 Å². The summed E-state index contributed by atoms with van der Waals surface area (Å²) in [5.41, 5.74) is 0. The molecule has 0 rings (SSSR count). The Morgan fingerprint density at radius 2 is 1.64 bits per heavy atom. The lowest BCUT2D eigenvalue weighted by molar-refractivity contribution is -0.135. The van der Waals surface area contributed by atoms with Crippen LogP contribution in [0.15, 0.2) is 0 Å². The van der Waals surface area contributed by atoms with Gasteiger partial charge in [0.05, 0.1) is 0 Å². The fraction of sp³-hybridized carbons (Fsp3) is 0.875. The van der Waals surface area contributed by atoms with E-state index in [2.05, 4.69) is 0 Å². The van der Waals surface area contributed by atoms with E-state index < -0.39 is 12.6 Å². The van der Waals surface area contributed by atoms with E-state index in [-0.39, 0.29) is 6.42 Å². The van der Waals surface area contributed by atoms with E-state index in [4.69, 9.17) is 0 Å². The summed E-state index contributed by atoms with van der Waals surface area (Å²) in [7, 11) is 0. The molecule has 0 aromatic heterocycles. The van der Waals surface area contributed by atoms with Crippen LogP contribution in [0.2, 0.25) is 0 Å². The third-order valence-electron chi connectivity index (χ3n) is 1.39. The van der Waals surface area contributed by atoms with Gasteiger partial charge in [-0.05, 0) is 18.8 Å². The van der Waals surface area contributed by atoms with Gasteiger partial charge in [-0.2, -0.15) is 13.2 Å². The molecule has 11 heavy (non-hydrogen) atoms. The molecule has 3 heteroatoms. The van der Waals surface area contributed by atoms with Crippen molar-refractivity contribution in [3.8, 4) is 0 Å². The molecule has 0 aliphatic rings. The quantitative estimate of drug-likeness (QED) is 0.560. The lowest BCUT2D eigenvalue weighted by atomic mass is 10.1. The van der Waals surface area contributed by atoms with Gasteiger partial charge in [0.1, 0.15) is 0 Å². The van der Waals surface area contributed by atoms with Crippen LogP contribution >= 0.6 is 0 Å². The molecule has 1 radical (unpaired) electrons. The molecule has 0 aromatic carbocycles. The molecule has 0 nitrogen and oxygen atoms in total. The Morgan fingerprint density at radius 1 is 1.09 bits per heavy atom. The van der Waals surface area contributed by atoms with Gasteiger partial charge < -0.3 is 0 Å². The van der Waals surface area contributed by atoms with E-state index >= 15 is 0 Å². The zero-order valence-corrected chi connectivity index (χ0v) is 6.96. The lowest BCUT2D eigenvalue weighted by Gasteiger charge is -2.06. The molecule has 67 valence electrons. The maximum absolute atomic E-state index is 11.6. The summed E-state index contributed by atoms with van der Waals surface area (Å²) in [6.45, 7) is 3.88. The molecule has 0 aliphatic heterocycles. The second-order valence-corrected chi connectivity index (χ2v) is 3.03. The van der Waals surface area contributed by atoms with E-state index in [0.717, 1.165) is 6.42 Å². The third-order valence-corrected chi connectivity index (χ3v) is 1.39. The van der Waals surface area contributed by atoms with Crippen LogP contribution in [0.4, 0.5) is 13.2 Å². The summed E-state index contributed by atoms with van der Waals surface area (Å²) >= 11 is 0. The first-order valence-corrected chi connectivity index (χ1v) is 3.77. The van der Waals surface area contributed by atoms with E-state index in [9.17, 15) is 13.2 Å². The highest BCUT2D eigenvalue weighted by atomic mass is 19.4. The van der Waals surface area contributed by atoms with Crippen molar-refractivity contribution in [2.24, 2.45) is 0 Å². The molecule has 0 bridgehead atoms. The second kappa shape index (κ2) is 4.62. The second-order valence-electron chi connectivity index (χ2n) is 3.03. The molecule has 0 fully saturated rings. The molecule has 0 aliphatic carbocycles. The Balaban J connectivity index is 3.15. The van der Waals surface area contributed by atoms with Crippen molar-refractivity contribution in [2.45, 2.75) is 45.7 Å². The minimum atomic E-state index is -3.97. The maximum atomic E-state index is 11.6. The van der Waals surface area contributed by atoms with Crippen molar-refractivity contribution in [1.82, 2.24) is 0 Å². The third kappa shape index (κ3) is 9.79. The van der Waals surface area contributed by atoms with Crippen LogP contribution in [0.3, 0.4) is 0 Å². The van der Waals surface area contributed by atoms with Gasteiger partial charge in [0.2, 0.25) is 0 Å². The Bertz CT molecular complexity index is 94.0. The largest absolute Gasteiger partial charge is 0.389 e. The van der Waals surface area contributed by atoms with Gasteiger partial charge in [-0.15, -0.1) is 0 Å². The predicted octanol–water partition coefficient (Wildman–Crippen LogP) is 3.72. The molecule has 0 heterocycles. The Hall–Kier alpha value is -0.210. The van der Waals surface area contributed by atoms with E-state index in [1.807, 2.05) is 13.8 Å². The summed E-state index contributed by atoms with van der Waals surface area (Å²) in [4.78, 5) is 0. The van der Waals surface area contributed by atoms with Crippen LogP contribution < -0.4 is 0 Å². The molecule has 0 N–H and O–H groups in total. The van der Waals surface area contributed by atoms with Gasteiger partial charge in [-0.1, -0.05) is 20.3 Å². The highest BCUT2D eigenvalue weighted by Crippen LogP contribution is 2.23. The number of unbranched alkanes of at least 4 members (excludes halogenated alkanes) is 1. The first-order valence-electron chi connectivity index (χ1n) is 3.77. The van der Waals surface area contributed by atoms with Crippen molar-refractivity contribution in [3.05, 3.63) is 5.92 Å². The van der Waals surface area contributed by atoms with Crippen LogP contribution in [-0.4, -0.2) is 6.18 Å². The van der Waals surface area contributed by atoms with E-state index in [0.29, 0.717) is 6.42 Å². The van der Waals surface area contributed by atoms with Gasteiger partial charge >= 0.3 is 6.18 Å². The fourth-order valence-corrected chi connectivity index (χ4v) is 0.804. The van der Waals surface area contributed by atoms with Crippen LogP contribution in [0.1, 0.15) is 39.5 Å². The zero-order valence-electron chi connectivity index (χ0n) is 6.96. The summed E-state index contributed by atoms with van der Waals surface area (Å²) in [6.07, 6.45) is -2.88. The van der Waals surface area contributed by atoms with Crippen LogP contribution in [-0.2, 0) is 0 Å². The van der Waals surface area contributed by atoms with Crippen molar-refractivity contribution in [1.29, 1.82) is 0 Å². The molecule has 0 unspecified atom stereocenters. The number of hydrogen-bond acceptors (Lipinski definition) is 0. The topological polar surface area (TPSA) is 0 Å². The standard InChI is InChI=1S/C8H14F3/c1-7(2)5-3-4-6-8(9,10)11/h3-6H2,1-2H3.